The molecule has 2 amide bonds. The fourth-order valence-electron chi connectivity index (χ4n) is 2.09. The predicted molar refractivity (Wildman–Crippen MR) is 75.8 cm³/mol. The van der Waals surface area contributed by atoms with E-state index in [9.17, 15) is 9.59 Å². The highest BCUT2D eigenvalue weighted by atomic mass is 16.2. The molecule has 5 heteroatoms. The first-order valence-electron chi connectivity index (χ1n) is 6.40. The Morgan fingerprint density at radius 2 is 1.85 bits per heavy atom. The summed E-state index contributed by atoms with van der Waals surface area (Å²) < 4.78 is 0. The highest BCUT2D eigenvalue weighted by Crippen LogP contribution is 2.11. The normalized spacial score (nSPS) is 13.1. The van der Waals surface area contributed by atoms with Crippen LogP contribution >= 0.6 is 0 Å². The summed E-state index contributed by atoms with van der Waals surface area (Å²) in [4.78, 5) is 23.6. The van der Waals surface area contributed by atoms with E-state index < -0.39 is 11.9 Å². The smallest absolute Gasteiger partial charge is 0.251 e. The summed E-state index contributed by atoms with van der Waals surface area (Å²) in [5, 5.41) is 11.3. The van der Waals surface area contributed by atoms with Crippen LogP contribution in [0.1, 0.15) is 34.8 Å². The van der Waals surface area contributed by atoms with Crippen LogP contribution in [0.4, 0.5) is 0 Å². The summed E-state index contributed by atoms with van der Waals surface area (Å²) in [6.45, 7) is 5.50. The van der Waals surface area contributed by atoms with Crippen LogP contribution in [0.5, 0.6) is 0 Å². The van der Waals surface area contributed by atoms with Gasteiger partial charge in [0.2, 0.25) is 5.91 Å². The summed E-state index contributed by atoms with van der Waals surface area (Å²) in [5.41, 5.74) is 7.71. The third kappa shape index (κ3) is 4.09. The molecule has 20 heavy (non-hydrogen) atoms. The highest BCUT2D eigenvalue weighted by molar-refractivity contribution is 5.97. The molecule has 0 saturated carbocycles. The molecule has 0 aliphatic rings. The first-order chi connectivity index (χ1) is 9.35. The molecule has 3 N–H and O–H groups in total. The molecule has 5 nitrogen and oxygen atoms in total. The van der Waals surface area contributed by atoms with Crippen LogP contribution in [0.2, 0.25) is 0 Å². The van der Waals surface area contributed by atoms with Crippen LogP contribution in [0.25, 0.3) is 0 Å². The molecule has 2 atom stereocenters. The Hall–Kier alpha value is -2.35. The molecule has 0 fully saturated rings. The fraction of sp³-hybridized carbons (Fsp3) is 0.400. The second-order valence-electron chi connectivity index (χ2n) is 5.07. The van der Waals surface area contributed by atoms with E-state index in [1.54, 1.807) is 19.1 Å². The molecule has 0 unspecified atom stereocenters. The molecule has 1 aromatic rings. The maximum absolute atomic E-state index is 12.2. The lowest BCUT2D eigenvalue weighted by Crippen LogP contribution is -2.48. The number of nitrogens with one attached hydrogen (secondary N) is 1. The topological polar surface area (TPSA) is 96.0 Å². The van der Waals surface area contributed by atoms with E-state index in [4.69, 9.17) is 11.0 Å². The zero-order valence-corrected chi connectivity index (χ0v) is 11.9. The Bertz CT molecular complexity index is 540. The largest absolute Gasteiger partial charge is 0.368 e. The fourth-order valence-corrected chi connectivity index (χ4v) is 2.09. The van der Waals surface area contributed by atoms with Gasteiger partial charge in [0.25, 0.3) is 5.91 Å². The lowest BCUT2D eigenvalue weighted by Gasteiger charge is -2.20. The van der Waals surface area contributed by atoms with E-state index in [0.717, 1.165) is 11.1 Å². The molecule has 0 radical (unpaired) electrons. The molecular weight excluding hydrogens is 254 g/mol. The molecule has 0 spiro atoms. The number of hydrogen-bond donors (Lipinski definition) is 2. The Labute approximate surface area is 118 Å². The monoisotopic (exact) mass is 273 g/mol. The number of carbonyl (C=O) groups is 2. The quantitative estimate of drug-likeness (QED) is 0.849. The number of primary amides is 1. The SMILES string of the molecule is Cc1cc(C)cc(C(=O)N[C@@H](C(N)=O)[C@@H](C)CC#N)c1. The number of nitrogens with two attached hydrogens (primary N) is 1. The second kappa shape index (κ2) is 6.71. The van der Waals surface area contributed by atoms with Crippen molar-refractivity contribution in [1.29, 1.82) is 5.26 Å². The van der Waals surface area contributed by atoms with Gasteiger partial charge < -0.3 is 11.1 Å². The van der Waals surface area contributed by atoms with Gasteiger partial charge >= 0.3 is 0 Å². The van der Waals surface area contributed by atoms with Gasteiger partial charge in [0.15, 0.2) is 0 Å². The molecule has 0 aliphatic carbocycles. The van der Waals surface area contributed by atoms with E-state index in [-0.39, 0.29) is 18.2 Å². The van der Waals surface area contributed by atoms with E-state index in [0.29, 0.717) is 5.56 Å². The molecule has 0 bridgehead atoms. The van der Waals surface area contributed by atoms with Crippen LogP contribution in [-0.2, 0) is 4.79 Å². The van der Waals surface area contributed by atoms with Crippen molar-refractivity contribution in [2.24, 2.45) is 11.7 Å². The number of amides is 2. The zero-order chi connectivity index (χ0) is 15.3. The van der Waals surface area contributed by atoms with Crippen molar-refractivity contribution in [3.63, 3.8) is 0 Å². The summed E-state index contributed by atoms with van der Waals surface area (Å²) in [6, 6.07) is 6.58. The number of nitrogens with zero attached hydrogens (tertiary/aromatic N) is 1. The van der Waals surface area contributed by atoms with Crippen molar-refractivity contribution in [1.82, 2.24) is 5.32 Å². The molecule has 0 heterocycles. The van der Waals surface area contributed by atoms with E-state index in [1.165, 1.54) is 0 Å². The summed E-state index contributed by atoms with van der Waals surface area (Å²) in [6.07, 6.45) is 0.154. The van der Waals surface area contributed by atoms with Crippen LogP contribution in [0, 0.1) is 31.1 Å². The van der Waals surface area contributed by atoms with Crippen molar-refractivity contribution >= 4 is 11.8 Å². The van der Waals surface area contributed by atoms with Crippen LogP contribution in [0.15, 0.2) is 18.2 Å². The number of aryl methyl sites for hydroxylation is 2. The Morgan fingerprint density at radius 1 is 1.30 bits per heavy atom. The molecule has 0 aliphatic heterocycles. The van der Waals surface area contributed by atoms with Crippen molar-refractivity contribution in [2.45, 2.75) is 33.2 Å². The number of benzene rings is 1. The number of carbonyl (C=O) groups excluding carboxylic acids is 2. The minimum absolute atomic E-state index is 0.154. The maximum Gasteiger partial charge on any atom is 0.251 e. The van der Waals surface area contributed by atoms with Crippen LogP contribution in [-0.4, -0.2) is 17.9 Å². The third-order valence-electron chi connectivity index (χ3n) is 3.06. The van der Waals surface area contributed by atoms with Crippen molar-refractivity contribution in [3.8, 4) is 6.07 Å². The van der Waals surface area contributed by atoms with Gasteiger partial charge in [0, 0.05) is 12.0 Å². The van der Waals surface area contributed by atoms with Gasteiger partial charge in [-0.1, -0.05) is 24.1 Å². The average Bonchev–Trinajstić information content (AvgIpc) is 2.34. The van der Waals surface area contributed by atoms with E-state index in [1.807, 2.05) is 26.0 Å². The first kappa shape index (κ1) is 15.7. The first-order valence-corrected chi connectivity index (χ1v) is 6.40. The van der Waals surface area contributed by atoms with Crippen molar-refractivity contribution in [2.75, 3.05) is 0 Å². The van der Waals surface area contributed by atoms with Gasteiger partial charge in [0.05, 0.1) is 6.07 Å². The molecule has 0 aromatic heterocycles. The van der Waals surface area contributed by atoms with Crippen LogP contribution < -0.4 is 11.1 Å². The predicted octanol–water partition coefficient (Wildman–Crippen LogP) is 1.44. The minimum Gasteiger partial charge on any atom is -0.368 e. The Balaban J connectivity index is 2.91. The van der Waals surface area contributed by atoms with E-state index >= 15 is 0 Å². The van der Waals surface area contributed by atoms with Gasteiger partial charge in [-0.05, 0) is 31.9 Å². The zero-order valence-electron chi connectivity index (χ0n) is 11.9. The minimum atomic E-state index is -0.844. The van der Waals surface area contributed by atoms with Gasteiger partial charge in [-0.2, -0.15) is 5.26 Å². The lowest BCUT2D eigenvalue weighted by molar-refractivity contribution is -0.120. The van der Waals surface area contributed by atoms with Gasteiger partial charge in [-0.15, -0.1) is 0 Å². The summed E-state index contributed by atoms with van der Waals surface area (Å²) >= 11 is 0. The van der Waals surface area contributed by atoms with Crippen molar-refractivity contribution in [3.05, 3.63) is 34.9 Å². The standard InChI is InChI=1S/C15H19N3O2/c1-9-6-10(2)8-12(7-9)15(20)18-13(14(17)19)11(3)4-5-16/h6-8,11,13H,4H2,1-3H3,(H2,17,19)(H,18,20)/t11-,13+/m0/s1. The number of hydrogen-bond acceptors (Lipinski definition) is 3. The van der Waals surface area contributed by atoms with Gasteiger partial charge in [-0.3, -0.25) is 9.59 Å². The molecular formula is C15H19N3O2. The van der Waals surface area contributed by atoms with Crippen molar-refractivity contribution < 1.29 is 9.59 Å². The summed E-state index contributed by atoms with van der Waals surface area (Å²) in [5.74, 6) is -1.32. The molecule has 0 saturated heterocycles. The maximum atomic E-state index is 12.2. The molecule has 1 rings (SSSR count). The lowest BCUT2D eigenvalue weighted by atomic mass is 9.97. The summed E-state index contributed by atoms with van der Waals surface area (Å²) in [7, 11) is 0. The van der Waals surface area contributed by atoms with Gasteiger partial charge in [-0.25, -0.2) is 0 Å². The Kier molecular flexibility index (Phi) is 5.27. The van der Waals surface area contributed by atoms with Gasteiger partial charge in [0.1, 0.15) is 6.04 Å². The Morgan fingerprint density at radius 3 is 2.30 bits per heavy atom. The number of nitriles is 1. The van der Waals surface area contributed by atoms with E-state index in [2.05, 4.69) is 5.32 Å². The molecule has 1 aromatic carbocycles. The molecule has 106 valence electrons. The second-order valence-corrected chi connectivity index (χ2v) is 5.07. The number of rotatable bonds is 5. The third-order valence-corrected chi connectivity index (χ3v) is 3.06. The average molecular weight is 273 g/mol. The highest BCUT2D eigenvalue weighted by Gasteiger charge is 2.25. The van der Waals surface area contributed by atoms with Crippen LogP contribution in [0.3, 0.4) is 0 Å².